The van der Waals surface area contributed by atoms with E-state index in [0.29, 0.717) is 30.4 Å². The first kappa shape index (κ1) is 17.4. The van der Waals surface area contributed by atoms with Crippen molar-refractivity contribution >= 4 is 22.9 Å². The maximum atomic E-state index is 13.3. The minimum Gasteiger partial charge on any atom is -0.488 e. The molecule has 4 aromatic rings. The largest absolute Gasteiger partial charge is 0.488 e. The number of nitrogens with zero attached hydrogens (tertiary/aromatic N) is 3. The molecule has 0 saturated heterocycles. The number of benzene rings is 3. The summed E-state index contributed by atoms with van der Waals surface area (Å²) in [4.78, 5) is 19.6. The first-order valence-corrected chi connectivity index (χ1v) is 9.44. The predicted molar refractivity (Wildman–Crippen MR) is 109 cm³/mol. The number of fused-ring (bicyclic) bond motifs is 3. The molecule has 0 spiro atoms. The SMILES string of the molecule is O=C(c1ccccc1OCc1ccc(F)cc1)N1CCn2c1nc1ccccc12. The first-order valence-electron chi connectivity index (χ1n) is 9.44. The average Bonchev–Trinajstić information content (AvgIpc) is 3.32. The second kappa shape index (κ2) is 7.05. The number of anilines is 1. The lowest BCUT2D eigenvalue weighted by Gasteiger charge is -2.17. The maximum absolute atomic E-state index is 13.3. The Kier molecular flexibility index (Phi) is 4.24. The van der Waals surface area contributed by atoms with Gasteiger partial charge in [-0.25, -0.2) is 9.37 Å². The molecule has 0 radical (unpaired) electrons. The summed E-state index contributed by atoms with van der Waals surface area (Å²) in [6.45, 7) is 1.53. The van der Waals surface area contributed by atoms with Gasteiger partial charge >= 0.3 is 0 Å². The van der Waals surface area contributed by atoms with Crippen LogP contribution >= 0.6 is 0 Å². The molecule has 1 aromatic heterocycles. The molecule has 0 aliphatic carbocycles. The third-order valence-corrected chi connectivity index (χ3v) is 5.09. The molecule has 0 bridgehead atoms. The molecule has 144 valence electrons. The third kappa shape index (κ3) is 3.12. The highest BCUT2D eigenvalue weighted by Crippen LogP contribution is 2.30. The Morgan fingerprint density at radius 2 is 1.72 bits per heavy atom. The Bertz CT molecular complexity index is 1200. The van der Waals surface area contributed by atoms with Gasteiger partial charge in [0, 0.05) is 13.1 Å². The Balaban J connectivity index is 1.42. The number of aromatic nitrogens is 2. The number of carbonyl (C=O) groups excluding carboxylic acids is 1. The fourth-order valence-corrected chi connectivity index (χ4v) is 3.64. The van der Waals surface area contributed by atoms with Crippen molar-refractivity contribution in [1.82, 2.24) is 9.55 Å². The van der Waals surface area contributed by atoms with E-state index in [0.717, 1.165) is 16.6 Å². The second-order valence-corrected chi connectivity index (χ2v) is 6.92. The summed E-state index contributed by atoms with van der Waals surface area (Å²) in [5.41, 5.74) is 3.21. The quantitative estimate of drug-likeness (QED) is 0.521. The molecule has 1 aliphatic rings. The van der Waals surface area contributed by atoms with Gasteiger partial charge in [-0.05, 0) is 42.0 Å². The smallest absolute Gasteiger partial charge is 0.264 e. The van der Waals surface area contributed by atoms with Crippen LogP contribution in [0, 0.1) is 5.82 Å². The van der Waals surface area contributed by atoms with Crippen LogP contribution in [-0.4, -0.2) is 22.0 Å². The summed E-state index contributed by atoms with van der Waals surface area (Å²) in [5, 5.41) is 0. The van der Waals surface area contributed by atoms with Crippen molar-refractivity contribution < 1.29 is 13.9 Å². The van der Waals surface area contributed by atoms with E-state index in [1.165, 1.54) is 12.1 Å². The molecule has 2 heterocycles. The summed E-state index contributed by atoms with van der Waals surface area (Å²) in [7, 11) is 0. The molecule has 0 fully saturated rings. The zero-order chi connectivity index (χ0) is 19.8. The fourth-order valence-electron chi connectivity index (χ4n) is 3.64. The number of hydrogen-bond donors (Lipinski definition) is 0. The van der Waals surface area contributed by atoms with Crippen LogP contribution < -0.4 is 9.64 Å². The highest BCUT2D eigenvalue weighted by molar-refractivity contribution is 6.08. The number of hydrogen-bond acceptors (Lipinski definition) is 3. The molecule has 0 saturated carbocycles. The van der Waals surface area contributed by atoms with Crippen LogP contribution in [0.25, 0.3) is 11.0 Å². The average molecular weight is 387 g/mol. The van der Waals surface area contributed by atoms with Gasteiger partial charge in [0.25, 0.3) is 5.91 Å². The minimum atomic E-state index is -0.291. The summed E-state index contributed by atoms with van der Waals surface area (Å²) in [6.07, 6.45) is 0. The summed E-state index contributed by atoms with van der Waals surface area (Å²) < 4.78 is 21.1. The van der Waals surface area contributed by atoms with Crippen molar-refractivity contribution in [2.45, 2.75) is 13.2 Å². The van der Waals surface area contributed by atoms with Crippen molar-refractivity contribution in [2.75, 3.05) is 11.4 Å². The number of rotatable bonds is 4. The van der Waals surface area contributed by atoms with Crippen LogP contribution in [0.5, 0.6) is 5.75 Å². The van der Waals surface area contributed by atoms with Gasteiger partial charge < -0.3 is 9.30 Å². The van der Waals surface area contributed by atoms with Gasteiger partial charge in [0.2, 0.25) is 5.95 Å². The Hall–Kier alpha value is -3.67. The van der Waals surface area contributed by atoms with Gasteiger partial charge in [0.1, 0.15) is 18.2 Å². The van der Waals surface area contributed by atoms with Gasteiger partial charge in [-0.15, -0.1) is 0 Å². The molecular weight excluding hydrogens is 369 g/mol. The van der Waals surface area contributed by atoms with E-state index >= 15 is 0 Å². The molecule has 1 amide bonds. The van der Waals surface area contributed by atoms with E-state index in [4.69, 9.17) is 4.74 Å². The normalized spacial score (nSPS) is 12.9. The molecule has 3 aromatic carbocycles. The zero-order valence-electron chi connectivity index (χ0n) is 15.6. The van der Waals surface area contributed by atoms with E-state index in [9.17, 15) is 9.18 Å². The topological polar surface area (TPSA) is 47.4 Å². The third-order valence-electron chi connectivity index (χ3n) is 5.09. The Morgan fingerprint density at radius 3 is 2.59 bits per heavy atom. The summed E-state index contributed by atoms with van der Waals surface area (Å²) >= 11 is 0. The van der Waals surface area contributed by atoms with Gasteiger partial charge in [-0.1, -0.05) is 36.4 Å². The molecule has 0 atom stereocenters. The lowest BCUT2D eigenvalue weighted by Crippen LogP contribution is -2.29. The van der Waals surface area contributed by atoms with Crippen LogP contribution in [-0.2, 0) is 13.2 Å². The van der Waals surface area contributed by atoms with E-state index in [1.54, 1.807) is 29.2 Å². The van der Waals surface area contributed by atoms with Crippen LogP contribution in [0.15, 0.2) is 72.8 Å². The molecule has 5 rings (SSSR count). The monoisotopic (exact) mass is 387 g/mol. The van der Waals surface area contributed by atoms with E-state index < -0.39 is 0 Å². The van der Waals surface area contributed by atoms with Crippen LogP contribution in [0.1, 0.15) is 15.9 Å². The molecule has 29 heavy (non-hydrogen) atoms. The van der Waals surface area contributed by atoms with Crippen LogP contribution in [0.2, 0.25) is 0 Å². The summed E-state index contributed by atoms with van der Waals surface area (Å²) in [5.74, 6) is 0.718. The maximum Gasteiger partial charge on any atom is 0.264 e. The van der Waals surface area contributed by atoms with Gasteiger partial charge in [0.15, 0.2) is 0 Å². The lowest BCUT2D eigenvalue weighted by molar-refractivity contribution is 0.0984. The lowest BCUT2D eigenvalue weighted by atomic mass is 10.1. The first-order chi connectivity index (χ1) is 14.2. The van der Waals surface area contributed by atoms with Crippen molar-refractivity contribution in [2.24, 2.45) is 0 Å². The number of halogens is 1. The molecule has 6 heteroatoms. The molecular formula is C23H18FN3O2. The van der Waals surface area contributed by atoms with Crippen LogP contribution in [0.3, 0.4) is 0 Å². The molecule has 0 unspecified atom stereocenters. The number of imidazole rings is 1. The molecule has 5 nitrogen and oxygen atoms in total. The molecule has 1 aliphatic heterocycles. The Labute approximate surface area is 167 Å². The highest BCUT2D eigenvalue weighted by Gasteiger charge is 2.30. The second-order valence-electron chi connectivity index (χ2n) is 6.92. The number of amides is 1. The summed E-state index contributed by atoms with van der Waals surface area (Å²) in [6, 6.07) is 21.2. The fraction of sp³-hybridized carbons (Fsp3) is 0.130. The van der Waals surface area contributed by atoms with Crippen molar-refractivity contribution in [3.63, 3.8) is 0 Å². The molecule has 0 N–H and O–H groups in total. The van der Waals surface area contributed by atoms with E-state index in [2.05, 4.69) is 9.55 Å². The van der Waals surface area contributed by atoms with Crippen molar-refractivity contribution in [3.8, 4) is 5.75 Å². The predicted octanol–water partition coefficient (Wildman–Crippen LogP) is 4.41. The standard InChI is InChI=1S/C23H18FN3O2/c24-17-11-9-16(10-12-17)15-29-21-8-4-1-5-18(21)22(28)27-14-13-26-20-7-3-2-6-19(20)25-23(26)27/h1-12H,13-15H2. The van der Waals surface area contributed by atoms with Gasteiger partial charge in [-0.3, -0.25) is 9.69 Å². The van der Waals surface area contributed by atoms with E-state index in [-0.39, 0.29) is 18.3 Å². The highest BCUT2D eigenvalue weighted by atomic mass is 19.1. The number of ether oxygens (including phenoxy) is 1. The van der Waals surface area contributed by atoms with E-state index in [1.807, 2.05) is 36.4 Å². The van der Waals surface area contributed by atoms with Gasteiger partial charge in [-0.2, -0.15) is 0 Å². The van der Waals surface area contributed by atoms with Gasteiger partial charge in [0.05, 0.1) is 16.6 Å². The van der Waals surface area contributed by atoms with Crippen LogP contribution in [0.4, 0.5) is 10.3 Å². The van der Waals surface area contributed by atoms with Crippen molar-refractivity contribution in [3.05, 3.63) is 89.7 Å². The zero-order valence-corrected chi connectivity index (χ0v) is 15.6. The number of carbonyl (C=O) groups is 1. The number of para-hydroxylation sites is 3. The minimum absolute atomic E-state index is 0.145. The van der Waals surface area contributed by atoms with Crippen molar-refractivity contribution in [1.29, 1.82) is 0 Å². The Morgan fingerprint density at radius 1 is 0.966 bits per heavy atom.